The highest BCUT2D eigenvalue weighted by Gasteiger charge is 2.53. The number of aromatic nitrogens is 2. The summed E-state index contributed by atoms with van der Waals surface area (Å²) in [6.07, 6.45) is 5.72. The summed E-state index contributed by atoms with van der Waals surface area (Å²) in [5, 5.41) is 18.0. The first-order valence-electron chi connectivity index (χ1n) is 10.7. The maximum absolute atomic E-state index is 13.2. The Hall–Kier alpha value is -2.38. The Balaban J connectivity index is 1.30. The molecule has 0 atom stereocenters. The number of carboxylic acids is 1. The molecule has 0 unspecified atom stereocenters. The zero-order chi connectivity index (χ0) is 22.5. The zero-order valence-electron chi connectivity index (χ0n) is 17.4. The molecule has 1 aromatic heterocycles. The number of nitrogens with one attached hydrogen (secondary N) is 1. The Labute approximate surface area is 199 Å². The molecule has 5 rings (SSSR count). The zero-order valence-corrected chi connectivity index (χ0v) is 19.7. The van der Waals surface area contributed by atoms with Gasteiger partial charge in [0.1, 0.15) is 0 Å². The molecule has 2 aliphatic carbocycles. The van der Waals surface area contributed by atoms with Gasteiger partial charge in [0.05, 0.1) is 23.8 Å². The Morgan fingerprint density at radius 1 is 1.19 bits per heavy atom. The smallest absolute Gasteiger partial charge is 0.303 e. The predicted octanol–water partition coefficient (Wildman–Crippen LogP) is 5.26. The number of benzene rings is 2. The van der Waals surface area contributed by atoms with Crippen LogP contribution in [0.4, 0.5) is 0 Å². The van der Waals surface area contributed by atoms with E-state index >= 15 is 0 Å². The Bertz CT molecular complexity index is 1190. The van der Waals surface area contributed by atoms with E-state index in [1.165, 1.54) is 0 Å². The normalized spacial score (nSPS) is 24.2. The van der Waals surface area contributed by atoms with Gasteiger partial charge in [-0.3, -0.25) is 14.3 Å². The maximum atomic E-state index is 13.2. The summed E-state index contributed by atoms with van der Waals surface area (Å²) >= 11 is 9.76. The fraction of sp³-hybridized carbons (Fsp3) is 0.375. The van der Waals surface area contributed by atoms with Crippen LogP contribution in [0, 0.1) is 11.3 Å². The number of aliphatic carboxylic acids is 1. The van der Waals surface area contributed by atoms with Gasteiger partial charge in [-0.1, -0.05) is 39.7 Å². The molecule has 8 heteroatoms. The Morgan fingerprint density at radius 2 is 1.91 bits per heavy atom. The minimum Gasteiger partial charge on any atom is -0.481 e. The van der Waals surface area contributed by atoms with Crippen LogP contribution in [0.3, 0.4) is 0 Å². The number of carbonyl (C=O) groups is 2. The number of nitrogens with zero attached hydrogens (tertiary/aromatic N) is 2. The van der Waals surface area contributed by atoms with E-state index in [0.717, 1.165) is 46.6 Å². The molecule has 0 radical (unpaired) electrons. The standard InChI is InChI=1S/C24H23BrClN3O3/c25-17-3-1-14(2-4-17)13-29-22-16(12-27-29)6-18(26)7-20(22)23(32)28-19-10-24(11-19)8-15(9-24)5-21(30)31/h1-4,6-7,12,15,19H,5,8-11,13H2,(H,28,32)(H,30,31). The minimum absolute atomic E-state index is 0.116. The third-order valence-electron chi connectivity index (χ3n) is 6.79. The van der Waals surface area contributed by atoms with Crippen LogP contribution in [0.2, 0.25) is 5.02 Å². The van der Waals surface area contributed by atoms with Gasteiger partial charge < -0.3 is 10.4 Å². The van der Waals surface area contributed by atoms with Gasteiger partial charge in [-0.15, -0.1) is 0 Å². The molecular formula is C24H23BrClN3O3. The summed E-state index contributed by atoms with van der Waals surface area (Å²) < 4.78 is 2.85. The van der Waals surface area contributed by atoms with Crippen LogP contribution in [0.1, 0.15) is 48.0 Å². The van der Waals surface area contributed by atoms with E-state index < -0.39 is 5.97 Å². The van der Waals surface area contributed by atoms with Crippen molar-refractivity contribution in [1.29, 1.82) is 0 Å². The molecule has 166 valence electrons. The van der Waals surface area contributed by atoms with Crippen LogP contribution in [-0.4, -0.2) is 32.8 Å². The molecule has 2 fully saturated rings. The lowest BCUT2D eigenvalue weighted by Gasteiger charge is -2.57. The molecule has 0 aliphatic heterocycles. The van der Waals surface area contributed by atoms with Crippen LogP contribution in [0.15, 0.2) is 47.1 Å². The number of amides is 1. The second-order valence-corrected chi connectivity index (χ2v) is 10.6. The van der Waals surface area contributed by atoms with Gasteiger partial charge in [0, 0.05) is 27.3 Å². The van der Waals surface area contributed by atoms with Gasteiger partial charge in [-0.25, -0.2) is 0 Å². The lowest BCUT2D eigenvalue weighted by molar-refractivity contribution is -0.142. The minimum atomic E-state index is -0.723. The average Bonchev–Trinajstić information content (AvgIpc) is 3.07. The topological polar surface area (TPSA) is 84.2 Å². The van der Waals surface area contributed by atoms with Crippen molar-refractivity contribution in [1.82, 2.24) is 15.1 Å². The number of carbonyl (C=O) groups excluding carboxylic acids is 1. The van der Waals surface area contributed by atoms with Gasteiger partial charge >= 0.3 is 5.97 Å². The maximum Gasteiger partial charge on any atom is 0.303 e. The molecule has 3 aromatic rings. The fourth-order valence-corrected chi connectivity index (χ4v) is 5.98. The first-order valence-corrected chi connectivity index (χ1v) is 11.9. The molecule has 6 nitrogen and oxygen atoms in total. The predicted molar refractivity (Wildman–Crippen MR) is 126 cm³/mol. The summed E-state index contributed by atoms with van der Waals surface area (Å²) in [4.78, 5) is 24.1. The third kappa shape index (κ3) is 4.16. The lowest BCUT2D eigenvalue weighted by Crippen LogP contribution is -2.56. The summed E-state index contributed by atoms with van der Waals surface area (Å²) in [5.74, 6) is -0.584. The summed E-state index contributed by atoms with van der Waals surface area (Å²) in [6.45, 7) is 0.552. The number of fused-ring (bicyclic) bond motifs is 1. The van der Waals surface area contributed by atoms with Crippen molar-refractivity contribution in [3.05, 3.63) is 63.2 Å². The first-order chi connectivity index (χ1) is 15.3. The van der Waals surface area contributed by atoms with Gasteiger partial charge in [0.25, 0.3) is 5.91 Å². The SMILES string of the molecule is O=C(O)CC1CC2(C1)CC(NC(=O)c1cc(Cl)cc3cnn(Cc4ccc(Br)cc4)c13)C2. The highest BCUT2D eigenvalue weighted by molar-refractivity contribution is 9.10. The fourth-order valence-electron chi connectivity index (χ4n) is 5.49. The summed E-state index contributed by atoms with van der Waals surface area (Å²) in [7, 11) is 0. The second kappa shape index (κ2) is 8.19. The monoisotopic (exact) mass is 515 g/mol. The largest absolute Gasteiger partial charge is 0.481 e. The number of halogens is 2. The quantitative estimate of drug-likeness (QED) is 0.468. The van der Waals surface area contributed by atoms with E-state index in [9.17, 15) is 9.59 Å². The first kappa shape index (κ1) is 21.5. The molecule has 2 saturated carbocycles. The molecule has 1 spiro atoms. The van der Waals surface area contributed by atoms with Crippen molar-refractivity contribution >= 4 is 50.3 Å². The van der Waals surface area contributed by atoms with Crippen LogP contribution < -0.4 is 5.32 Å². The van der Waals surface area contributed by atoms with E-state index in [4.69, 9.17) is 16.7 Å². The van der Waals surface area contributed by atoms with Crippen molar-refractivity contribution in [2.45, 2.75) is 44.7 Å². The van der Waals surface area contributed by atoms with Gasteiger partial charge in [-0.05, 0) is 66.8 Å². The van der Waals surface area contributed by atoms with Crippen molar-refractivity contribution in [3.63, 3.8) is 0 Å². The molecule has 1 heterocycles. The van der Waals surface area contributed by atoms with Gasteiger partial charge in [0.2, 0.25) is 0 Å². The van der Waals surface area contributed by atoms with Gasteiger partial charge in [0.15, 0.2) is 0 Å². The van der Waals surface area contributed by atoms with Crippen LogP contribution in [0.5, 0.6) is 0 Å². The van der Waals surface area contributed by atoms with Crippen molar-refractivity contribution < 1.29 is 14.7 Å². The van der Waals surface area contributed by atoms with Gasteiger partial charge in [-0.2, -0.15) is 5.10 Å². The van der Waals surface area contributed by atoms with Crippen molar-refractivity contribution in [2.75, 3.05) is 0 Å². The highest BCUT2D eigenvalue weighted by atomic mass is 79.9. The molecule has 2 N–H and O–H groups in total. The Kier molecular flexibility index (Phi) is 5.50. The average molecular weight is 517 g/mol. The van der Waals surface area contributed by atoms with E-state index in [2.05, 4.69) is 26.3 Å². The van der Waals surface area contributed by atoms with E-state index in [1.54, 1.807) is 12.3 Å². The Morgan fingerprint density at radius 3 is 2.59 bits per heavy atom. The molecular weight excluding hydrogens is 494 g/mol. The lowest BCUT2D eigenvalue weighted by atomic mass is 9.49. The van der Waals surface area contributed by atoms with Crippen LogP contribution in [0.25, 0.3) is 10.9 Å². The van der Waals surface area contributed by atoms with Crippen LogP contribution >= 0.6 is 27.5 Å². The second-order valence-electron chi connectivity index (χ2n) is 9.27. The highest BCUT2D eigenvalue weighted by Crippen LogP contribution is 2.59. The number of carboxylic acid groups (broad SMARTS) is 1. The van der Waals surface area contributed by atoms with E-state index in [-0.39, 0.29) is 29.7 Å². The van der Waals surface area contributed by atoms with Crippen molar-refractivity contribution in [3.8, 4) is 0 Å². The molecule has 2 aliphatic rings. The summed E-state index contributed by atoms with van der Waals surface area (Å²) in [6, 6.07) is 11.7. The van der Waals surface area contributed by atoms with E-state index in [0.29, 0.717) is 17.1 Å². The van der Waals surface area contributed by atoms with Crippen LogP contribution in [-0.2, 0) is 11.3 Å². The molecule has 32 heavy (non-hydrogen) atoms. The third-order valence-corrected chi connectivity index (χ3v) is 7.54. The van der Waals surface area contributed by atoms with Crippen molar-refractivity contribution in [2.24, 2.45) is 11.3 Å². The molecule has 0 saturated heterocycles. The number of hydrogen-bond donors (Lipinski definition) is 2. The number of rotatable bonds is 6. The number of hydrogen-bond acceptors (Lipinski definition) is 3. The molecule has 0 bridgehead atoms. The molecule has 2 aromatic carbocycles. The molecule has 1 amide bonds. The summed E-state index contributed by atoms with van der Waals surface area (Å²) in [5.41, 5.74) is 2.61. The van der Waals surface area contributed by atoms with E-state index in [1.807, 2.05) is 35.0 Å².